The van der Waals surface area contributed by atoms with Gasteiger partial charge in [-0.3, -0.25) is 10.1 Å². The summed E-state index contributed by atoms with van der Waals surface area (Å²) in [6.07, 6.45) is -4.81. The molecular weight excluding hydrogens is 331 g/mol. The van der Waals surface area contributed by atoms with Crippen molar-refractivity contribution in [1.82, 2.24) is 5.32 Å². The van der Waals surface area contributed by atoms with E-state index in [1.807, 2.05) is 5.32 Å². The fourth-order valence-electron chi connectivity index (χ4n) is 1.38. The molecule has 24 heavy (non-hydrogen) atoms. The zero-order chi connectivity index (χ0) is 18.2. The van der Waals surface area contributed by atoms with Crippen LogP contribution in [0.5, 0.6) is 5.75 Å². The number of nitriles is 1. The van der Waals surface area contributed by atoms with E-state index in [9.17, 15) is 22.8 Å². The van der Waals surface area contributed by atoms with Crippen LogP contribution in [0.2, 0.25) is 0 Å². The Balaban J connectivity index is 2.70. The van der Waals surface area contributed by atoms with Gasteiger partial charge in [-0.15, -0.1) is 13.2 Å². The van der Waals surface area contributed by atoms with Gasteiger partial charge in [-0.2, -0.15) is 5.26 Å². The van der Waals surface area contributed by atoms with Crippen molar-refractivity contribution in [2.75, 3.05) is 11.9 Å². The number of carbonyl (C=O) groups excluding carboxylic acids is 2. The topological polar surface area (TPSA) is 100 Å². The highest BCUT2D eigenvalue weighted by atomic mass is 19.4. The molecule has 0 radical (unpaired) electrons. The Morgan fingerprint density at radius 2 is 1.92 bits per heavy atom. The quantitative estimate of drug-likeness (QED) is 0.630. The Morgan fingerprint density at radius 3 is 2.42 bits per heavy atom. The highest BCUT2D eigenvalue weighted by Crippen LogP contribution is 2.23. The summed E-state index contributed by atoms with van der Waals surface area (Å²) in [5, 5.41) is 13.2. The summed E-state index contributed by atoms with van der Waals surface area (Å²) in [4.78, 5) is 22.7. The molecule has 1 rings (SSSR count). The predicted molar refractivity (Wildman–Crippen MR) is 75.6 cm³/mol. The van der Waals surface area contributed by atoms with Crippen LogP contribution in [0.4, 0.5) is 23.7 Å². The Bertz CT molecular complexity index is 663. The Hall–Kier alpha value is -3.22. The van der Waals surface area contributed by atoms with Crippen molar-refractivity contribution >= 4 is 17.7 Å². The summed E-state index contributed by atoms with van der Waals surface area (Å²) in [6.45, 7) is 1.59. The van der Waals surface area contributed by atoms with Gasteiger partial charge in [-0.1, -0.05) is 0 Å². The number of benzene rings is 1. The maximum Gasteiger partial charge on any atom is 0.573 e. The van der Waals surface area contributed by atoms with Crippen molar-refractivity contribution in [3.63, 3.8) is 0 Å². The van der Waals surface area contributed by atoms with Crippen molar-refractivity contribution in [2.45, 2.75) is 13.3 Å². The first-order chi connectivity index (χ1) is 11.2. The number of anilines is 1. The summed E-state index contributed by atoms with van der Waals surface area (Å²) in [5.74, 6) is -1.40. The van der Waals surface area contributed by atoms with E-state index in [0.29, 0.717) is 5.69 Å². The van der Waals surface area contributed by atoms with Crippen LogP contribution >= 0.6 is 0 Å². The molecule has 0 spiro atoms. The second-order valence-electron chi connectivity index (χ2n) is 4.06. The lowest BCUT2D eigenvalue weighted by molar-refractivity contribution is -0.274. The molecular formula is C14H12F3N3O4. The van der Waals surface area contributed by atoms with Gasteiger partial charge < -0.3 is 14.8 Å². The normalized spacial score (nSPS) is 11.2. The fourth-order valence-corrected chi connectivity index (χ4v) is 1.38. The van der Waals surface area contributed by atoms with E-state index in [1.165, 1.54) is 12.1 Å². The average Bonchev–Trinajstić information content (AvgIpc) is 2.48. The number of nitrogens with zero attached hydrogens (tertiary/aromatic N) is 1. The highest BCUT2D eigenvalue weighted by Gasteiger charge is 2.30. The molecule has 0 bridgehead atoms. The van der Waals surface area contributed by atoms with Gasteiger partial charge in [-0.05, 0) is 31.2 Å². The Kier molecular flexibility index (Phi) is 6.61. The van der Waals surface area contributed by atoms with Crippen molar-refractivity contribution in [3.8, 4) is 11.8 Å². The number of imide groups is 1. The predicted octanol–water partition coefficient (Wildman–Crippen LogP) is 2.68. The lowest BCUT2D eigenvalue weighted by atomic mass is 10.2. The number of hydrogen-bond donors (Lipinski definition) is 2. The second kappa shape index (κ2) is 8.42. The van der Waals surface area contributed by atoms with Crippen LogP contribution in [-0.4, -0.2) is 25.0 Å². The highest BCUT2D eigenvalue weighted by molar-refractivity contribution is 6.05. The van der Waals surface area contributed by atoms with E-state index in [-0.39, 0.29) is 6.61 Å². The van der Waals surface area contributed by atoms with E-state index in [0.717, 1.165) is 18.3 Å². The summed E-state index contributed by atoms with van der Waals surface area (Å²) in [5.41, 5.74) is -0.139. The largest absolute Gasteiger partial charge is 0.573 e. The molecule has 0 fully saturated rings. The van der Waals surface area contributed by atoms with Gasteiger partial charge in [0.2, 0.25) is 0 Å². The third kappa shape index (κ3) is 6.69. The van der Waals surface area contributed by atoms with Crippen LogP contribution in [0.1, 0.15) is 6.92 Å². The lowest BCUT2D eigenvalue weighted by Gasteiger charge is -2.09. The molecule has 2 N–H and O–H groups in total. The van der Waals surface area contributed by atoms with Gasteiger partial charge >= 0.3 is 12.5 Å². The summed E-state index contributed by atoms with van der Waals surface area (Å²) >= 11 is 0. The minimum absolute atomic E-state index is 0.0509. The molecule has 128 valence electrons. The van der Waals surface area contributed by atoms with Crippen molar-refractivity contribution < 1.29 is 32.2 Å². The first-order valence-electron chi connectivity index (χ1n) is 6.46. The third-order valence-corrected chi connectivity index (χ3v) is 2.33. The van der Waals surface area contributed by atoms with Crippen molar-refractivity contribution in [2.24, 2.45) is 0 Å². The molecule has 0 aliphatic heterocycles. The van der Waals surface area contributed by atoms with Gasteiger partial charge in [0, 0.05) is 11.9 Å². The fraction of sp³-hybridized carbons (Fsp3) is 0.214. The molecule has 0 saturated heterocycles. The summed E-state index contributed by atoms with van der Waals surface area (Å²) in [6, 6.07) is 6.16. The molecule has 10 heteroatoms. The number of amides is 2. The molecule has 2 amide bonds. The van der Waals surface area contributed by atoms with Gasteiger partial charge in [0.1, 0.15) is 17.4 Å². The standard InChI is InChI=1S/C14H12F3N3O4/c1-2-23-13(22)20-12(21)9(7-18)8-19-10-3-5-11(6-4-10)24-14(15,16)17/h3-6,8,19H,2H2,1H3,(H,20,21,22)/b9-8-. The van der Waals surface area contributed by atoms with Gasteiger partial charge in [0.25, 0.3) is 5.91 Å². The van der Waals surface area contributed by atoms with E-state index >= 15 is 0 Å². The van der Waals surface area contributed by atoms with Gasteiger partial charge in [0.05, 0.1) is 6.61 Å². The van der Waals surface area contributed by atoms with Crippen molar-refractivity contribution in [3.05, 3.63) is 36.0 Å². The van der Waals surface area contributed by atoms with E-state index in [2.05, 4.69) is 14.8 Å². The number of rotatable bonds is 5. The molecule has 1 aromatic carbocycles. The van der Waals surface area contributed by atoms with E-state index in [1.54, 1.807) is 13.0 Å². The number of alkyl halides is 3. The molecule has 1 aromatic rings. The first-order valence-corrected chi connectivity index (χ1v) is 6.46. The number of nitrogens with one attached hydrogen (secondary N) is 2. The zero-order valence-corrected chi connectivity index (χ0v) is 12.3. The minimum Gasteiger partial charge on any atom is -0.450 e. The third-order valence-electron chi connectivity index (χ3n) is 2.33. The Labute approximate surface area is 134 Å². The first kappa shape index (κ1) is 18.8. The molecule has 0 aromatic heterocycles. The van der Waals surface area contributed by atoms with E-state index < -0.39 is 29.7 Å². The smallest absolute Gasteiger partial charge is 0.450 e. The summed E-state index contributed by atoms with van der Waals surface area (Å²) < 4.78 is 44.3. The van der Waals surface area contributed by atoms with Gasteiger partial charge in [0.15, 0.2) is 0 Å². The number of alkyl carbamates (subject to hydrolysis) is 1. The average molecular weight is 343 g/mol. The minimum atomic E-state index is -4.80. The number of carbonyl (C=O) groups is 2. The van der Waals surface area contributed by atoms with Crippen LogP contribution < -0.4 is 15.4 Å². The van der Waals surface area contributed by atoms with Gasteiger partial charge in [-0.25, -0.2) is 4.79 Å². The van der Waals surface area contributed by atoms with Crippen LogP contribution in [0, 0.1) is 11.3 Å². The maximum atomic E-state index is 12.0. The maximum absolute atomic E-state index is 12.0. The monoisotopic (exact) mass is 343 g/mol. The van der Waals surface area contributed by atoms with Crippen LogP contribution in [0.15, 0.2) is 36.0 Å². The van der Waals surface area contributed by atoms with Crippen LogP contribution in [0.25, 0.3) is 0 Å². The number of halogens is 3. The molecule has 0 heterocycles. The molecule has 0 atom stereocenters. The second-order valence-corrected chi connectivity index (χ2v) is 4.06. The molecule has 0 aliphatic carbocycles. The van der Waals surface area contributed by atoms with E-state index in [4.69, 9.17) is 5.26 Å². The zero-order valence-electron chi connectivity index (χ0n) is 12.3. The van der Waals surface area contributed by atoms with Crippen molar-refractivity contribution in [1.29, 1.82) is 5.26 Å². The molecule has 0 unspecified atom stereocenters. The SMILES string of the molecule is CCOC(=O)NC(=O)/C(C#N)=C\Nc1ccc(OC(F)(F)F)cc1. The lowest BCUT2D eigenvalue weighted by Crippen LogP contribution is -2.32. The van der Waals surface area contributed by atoms with Crippen LogP contribution in [0.3, 0.4) is 0 Å². The van der Waals surface area contributed by atoms with Crippen LogP contribution in [-0.2, 0) is 9.53 Å². The molecule has 0 saturated carbocycles. The number of hydrogen-bond acceptors (Lipinski definition) is 6. The summed E-state index contributed by atoms with van der Waals surface area (Å²) in [7, 11) is 0. The molecule has 0 aliphatic rings. The number of ether oxygens (including phenoxy) is 2. The molecule has 7 nitrogen and oxygen atoms in total. The Morgan fingerprint density at radius 1 is 1.29 bits per heavy atom.